The van der Waals surface area contributed by atoms with E-state index in [-0.39, 0.29) is 31.5 Å². The number of carbonyl (C=O) groups excluding carboxylic acids is 2. The molecule has 0 aromatic heterocycles. The molecule has 1 atom stereocenters. The maximum Gasteiger partial charge on any atom is 0.243 e. The first-order valence-electron chi connectivity index (χ1n) is 14.4. The van der Waals surface area contributed by atoms with Gasteiger partial charge in [0.1, 0.15) is 11.8 Å². The molecule has 0 spiro atoms. The lowest BCUT2D eigenvalue weighted by Gasteiger charge is -2.33. The van der Waals surface area contributed by atoms with E-state index in [2.05, 4.69) is 5.32 Å². The van der Waals surface area contributed by atoms with Gasteiger partial charge in [-0.25, -0.2) is 8.42 Å². The van der Waals surface area contributed by atoms with Gasteiger partial charge in [0.15, 0.2) is 0 Å². The van der Waals surface area contributed by atoms with Crippen molar-refractivity contribution in [2.24, 2.45) is 0 Å². The first-order chi connectivity index (χ1) is 20.6. The quantitative estimate of drug-likeness (QED) is 0.232. The van der Waals surface area contributed by atoms with Crippen LogP contribution in [0.15, 0.2) is 84.9 Å². The number of ether oxygens (including phenoxy) is 2. The van der Waals surface area contributed by atoms with Crippen molar-refractivity contribution in [2.75, 3.05) is 33.1 Å². The molecule has 0 heterocycles. The minimum Gasteiger partial charge on any atom is -0.497 e. The minimum absolute atomic E-state index is 0.0349. The maximum atomic E-state index is 14.1. The maximum absolute atomic E-state index is 14.1. The van der Waals surface area contributed by atoms with Gasteiger partial charge < -0.3 is 19.7 Å². The van der Waals surface area contributed by atoms with Crippen molar-refractivity contribution in [3.8, 4) is 5.75 Å². The Kier molecular flexibility index (Phi) is 13.2. The zero-order valence-corrected chi connectivity index (χ0v) is 26.3. The normalized spacial score (nSPS) is 12.2. The number of rotatable bonds is 17. The standard InChI is InChI=1S/C33H43N3O6S/c1-26(2)42-21-11-20-34-33(38)31(22-27-12-7-5-8-13-27)36(24-29-16-18-30(41-3)19-17-29)32(37)25-35(43(4,39)40)23-28-14-9-6-10-15-28/h5-10,12-19,26,31H,11,20-25H2,1-4H3,(H,34,38). The van der Waals surface area contributed by atoms with Crippen molar-refractivity contribution >= 4 is 21.8 Å². The van der Waals surface area contributed by atoms with Crippen molar-refractivity contribution < 1.29 is 27.5 Å². The molecule has 9 nitrogen and oxygen atoms in total. The van der Waals surface area contributed by atoms with Crippen LogP contribution in [-0.2, 0) is 43.9 Å². The van der Waals surface area contributed by atoms with Crippen LogP contribution >= 0.6 is 0 Å². The Balaban J connectivity index is 1.93. The summed E-state index contributed by atoms with van der Waals surface area (Å²) in [5.41, 5.74) is 2.41. The van der Waals surface area contributed by atoms with E-state index in [1.165, 1.54) is 4.90 Å². The molecule has 43 heavy (non-hydrogen) atoms. The highest BCUT2D eigenvalue weighted by molar-refractivity contribution is 7.88. The summed E-state index contributed by atoms with van der Waals surface area (Å²) >= 11 is 0. The fraction of sp³-hybridized carbons (Fsp3) is 0.394. The van der Waals surface area contributed by atoms with Gasteiger partial charge in [-0.15, -0.1) is 0 Å². The highest BCUT2D eigenvalue weighted by atomic mass is 32.2. The van der Waals surface area contributed by atoms with E-state index in [0.717, 1.165) is 27.3 Å². The molecule has 0 saturated carbocycles. The first-order valence-corrected chi connectivity index (χ1v) is 16.3. The van der Waals surface area contributed by atoms with Crippen LogP contribution in [0.25, 0.3) is 0 Å². The van der Waals surface area contributed by atoms with E-state index in [1.54, 1.807) is 19.2 Å². The number of methoxy groups -OCH3 is 1. The predicted molar refractivity (Wildman–Crippen MR) is 168 cm³/mol. The number of nitrogens with zero attached hydrogens (tertiary/aromatic N) is 2. The lowest BCUT2D eigenvalue weighted by Crippen LogP contribution is -2.53. The Morgan fingerprint density at radius 2 is 1.42 bits per heavy atom. The summed E-state index contributed by atoms with van der Waals surface area (Å²) in [5, 5.41) is 2.97. The van der Waals surface area contributed by atoms with Crippen LogP contribution in [0.1, 0.15) is 37.0 Å². The van der Waals surface area contributed by atoms with Gasteiger partial charge in [-0.05, 0) is 49.1 Å². The van der Waals surface area contributed by atoms with Crippen LogP contribution in [0.4, 0.5) is 0 Å². The van der Waals surface area contributed by atoms with E-state index in [1.807, 2.05) is 86.6 Å². The second-order valence-electron chi connectivity index (χ2n) is 10.7. The fourth-order valence-corrected chi connectivity index (χ4v) is 5.25. The van der Waals surface area contributed by atoms with Crippen LogP contribution in [0.2, 0.25) is 0 Å². The van der Waals surface area contributed by atoms with E-state index in [0.29, 0.717) is 25.3 Å². The number of nitrogens with one attached hydrogen (secondary N) is 1. The summed E-state index contributed by atoms with van der Waals surface area (Å²) in [6, 6.07) is 24.9. The smallest absolute Gasteiger partial charge is 0.243 e. The summed E-state index contributed by atoms with van der Waals surface area (Å²) in [4.78, 5) is 29.3. The molecule has 0 saturated heterocycles. The van der Waals surface area contributed by atoms with Gasteiger partial charge in [0.25, 0.3) is 0 Å². The topological polar surface area (TPSA) is 105 Å². The van der Waals surface area contributed by atoms with Crippen molar-refractivity contribution in [3.63, 3.8) is 0 Å². The molecule has 0 radical (unpaired) electrons. The third kappa shape index (κ3) is 11.5. The monoisotopic (exact) mass is 609 g/mol. The summed E-state index contributed by atoms with van der Waals surface area (Å²) in [5.74, 6) is -0.129. The van der Waals surface area contributed by atoms with Crippen LogP contribution in [0.5, 0.6) is 5.75 Å². The third-order valence-corrected chi connectivity index (χ3v) is 8.03. The Hall–Kier alpha value is -3.73. The average molecular weight is 610 g/mol. The molecule has 2 amide bonds. The molecule has 1 unspecified atom stereocenters. The van der Waals surface area contributed by atoms with E-state index in [9.17, 15) is 18.0 Å². The summed E-state index contributed by atoms with van der Waals surface area (Å²) < 4.78 is 37.7. The molecular weight excluding hydrogens is 566 g/mol. The molecule has 232 valence electrons. The molecule has 3 rings (SSSR count). The lowest BCUT2D eigenvalue weighted by molar-refractivity contribution is -0.141. The Bertz CT molecular complexity index is 1380. The number of hydrogen-bond acceptors (Lipinski definition) is 6. The molecule has 10 heteroatoms. The van der Waals surface area contributed by atoms with E-state index in [4.69, 9.17) is 9.47 Å². The zero-order chi connectivity index (χ0) is 31.2. The van der Waals surface area contributed by atoms with Crippen molar-refractivity contribution in [1.29, 1.82) is 0 Å². The molecule has 0 aliphatic carbocycles. The van der Waals surface area contributed by atoms with Gasteiger partial charge in [0.05, 0.1) is 26.0 Å². The van der Waals surface area contributed by atoms with Crippen LogP contribution < -0.4 is 10.1 Å². The third-order valence-electron chi connectivity index (χ3n) is 6.84. The minimum atomic E-state index is -3.75. The predicted octanol–water partition coefficient (Wildman–Crippen LogP) is 4.03. The Morgan fingerprint density at radius 3 is 1.98 bits per heavy atom. The van der Waals surface area contributed by atoms with Gasteiger partial charge in [-0.1, -0.05) is 72.8 Å². The lowest BCUT2D eigenvalue weighted by atomic mass is 10.0. The highest BCUT2D eigenvalue weighted by Crippen LogP contribution is 2.19. The average Bonchev–Trinajstić information content (AvgIpc) is 2.99. The summed E-state index contributed by atoms with van der Waals surface area (Å²) in [6.45, 7) is 4.51. The van der Waals surface area contributed by atoms with Gasteiger partial charge in [-0.3, -0.25) is 9.59 Å². The van der Waals surface area contributed by atoms with Crippen LogP contribution in [0, 0.1) is 0 Å². The number of hydrogen-bond donors (Lipinski definition) is 1. The first kappa shape index (κ1) is 33.8. The summed E-state index contributed by atoms with van der Waals surface area (Å²) in [7, 11) is -2.18. The van der Waals surface area contributed by atoms with Crippen LogP contribution in [-0.4, -0.2) is 74.6 Å². The van der Waals surface area contributed by atoms with Gasteiger partial charge in [0, 0.05) is 32.7 Å². The SMILES string of the molecule is COc1ccc(CN(C(=O)CN(Cc2ccccc2)S(C)(=O)=O)C(Cc2ccccc2)C(=O)NCCCOC(C)C)cc1. The second kappa shape index (κ2) is 16.8. The Morgan fingerprint density at radius 1 is 0.837 bits per heavy atom. The fourth-order valence-electron chi connectivity index (χ4n) is 4.52. The number of benzene rings is 3. The van der Waals surface area contributed by atoms with Gasteiger partial charge in [-0.2, -0.15) is 4.31 Å². The number of carbonyl (C=O) groups is 2. The van der Waals surface area contributed by atoms with Gasteiger partial charge >= 0.3 is 0 Å². The van der Waals surface area contributed by atoms with E-state index >= 15 is 0 Å². The molecule has 3 aromatic rings. The molecule has 0 bridgehead atoms. The largest absolute Gasteiger partial charge is 0.497 e. The molecule has 0 aliphatic rings. The Labute approximate surface area is 255 Å². The van der Waals surface area contributed by atoms with Crippen molar-refractivity contribution in [3.05, 3.63) is 102 Å². The molecule has 0 aliphatic heterocycles. The molecule has 0 fully saturated rings. The zero-order valence-electron chi connectivity index (χ0n) is 25.4. The highest BCUT2D eigenvalue weighted by Gasteiger charge is 2.32. The van der Waals surface area contributed by atoms with Crippen molar-refractivity contribution in [1.82, 2.24) is 14.5 Å². The number of amides is 2. The van der Waals surface area contributed by atoms with Crippen molar-refractivity contribution in [2.45, 2.75) is 51.9 Å². The van der Waals surface area contributed by atoms with Gasteiger partial charge in [0.2, 0.25) is 21.8 Å². The second-order valence-corrected chi connectivity index (χ2v) is 12.6. The van der Waals surface area contributed by atoms with E-state index < -0.39 is 28.5 Å². The van der Waals surface area contributed by atoms with Crippen LogP contribution in [0.3, 0.4) is 0 Å². The number of sulfonamides is 1. The summed E-state index contributed by atoms with van der Waals surface area (Å²) in [6.07, 6.45) is 2.06. The molecule has 1 N–H and O–H groups in total. The molecular formula is C33H43N3O6S. The molecule has 3 aromatic carbocycles.